The fourth-order valence-corrected chi connectivity index (χ4v) is 3.43. The molecule has 2 N–H and O–H groups in total. The van der Waals surface area contributed by atoms with Crippen molar-refractivity contribution in [1.82, 2.24) is 14.5 Å². The van der Waals surface area contributed by atoms with E-state index in [1.807, 2.05) is 24.7 Å². The summed E-state index contributed by atoms with van der Waals surface area (Å²) in [6, 6.07) is 4.51. The Morgan fingerprint density at radius 2 is 2.20 bits per heavy atom. The molecular weight excluding hydrogens is 248 g/mol. The number of pyridine rings is 1. The molecule has 106 valence electrons. The second-order valence-electron chi connectivity index (χ2n) is 5.68. The minimum Gasteiger partial charge on any atom is -0.384 e. The quantitative estimate of drug-likeness (QED) is 0.925. The molecule has 0 aromatic carbocycles. The van der Waals surface area contributed by atoms with Crippen LogP contribution < -0.4 is 5.73 Å². The van der Waals surface area contributed by atoms with Gasteiger partial charge in [0.2, 0.25) is 0 Å². The first kappa shape index (κ1) is 13.2. The van der Waals surface area contributed by atoms with Gasteiger partial charge in [0, 0.05) is 17.8 Å². The van der Waals surface area contributed by atoms with E-state index in [-0.39, 0.29) is 0 Å². The lowest BCUT2D eigenvalue weighted by Crippen LogP contribution is -2.22. The van der Waals surface area contributed by atoms with E-state index >= 15 is 0 Å². The Kier molecular flexibility index (Phi) is 3.72. The van der Waals surface area contributed by atoms with Crippen molar-refractivity contribution in [2.75, 3.05) is 5.73 Å². The number of hydrogen-bond acceptors (Lipinski definition) is 3. The molecule has 1 fully saturated rings. The third kappa shape index (κ3) is 2.42. The van der Waals surface area contributed by atoms with Gasteiger partial charge in [-0.15, -0.1) is 0 Å². The Hall–Kier alpha value is -1.84. The molecule has 2 atom stereocenters. The van der Waals surface area contributed by atoms with Crippen molar-refractivity contribution < 1.29 is 0 Å². The lowest BCUT2D eigenvalue weighted by molar-refractivity contribution is 0.234. The van der Waals surface area contributed by atoms with Crippen LogP contribution in [0, 0.1) is 5.92 Å². The first-order valence-electron chi connectivity index (χ1n) is 7.53. The van der Waals surface area contributed by atoms with Crippen LogP contribution in [0.5, 0.6) is 0 Å². The lowest BCUT2D eigenvalue weighted by Gasteiger charge is -2.33. The third-order valence-corrected chi connectivity index (χ3v) is 4.49. The molecule has 0 radical (unpaired) electrons. The molecule has 0 amide bonds. The van der Waals surface area contributed by atoms with Crippen LogP contribution in [-0.2, 0) is 0 Å². The molecule has 4 heteroatoms. The van der Waals surface area contributed by atoms with Gasteiger partial charge in [-0.1, -0.05) is 26.2 Å². The van der Waals surface area contributed by atoms with E-state index in [0.29, 0.717) is 11.9 Å². The second kappa shape index (κ2) is 5.65. The minimum absolute atomic E-state index is 0.561. The van der Waals surface area contributed by atoms with Crippen LogP contribution in [0.2, 0.25) is 0 Å². The number of anilines is 1. The molecule has 2 heterocycles. The number of imidazole rings is 1. The highest BCUT2D eigenvalue weighted by Gasteiger charge is 2.26. The Bertz CT molecular complexity index is 575. The fourth-order valence-electron chi connectivity index (χ4n) is 3.43. The number of hydrogen-bond donors (Lipinski definition) is 1. The summed E-state index contributed by atoms with van der Waals surface area (Å²) in [6.45, 7) is 2.30. The molecule has 0 bridgehead atoms. The van der Waals surface area contributed by atoms with Crippen molar-refractivity contribution in [2.45, 2.75) is 45.1 Å². The van der Waals surface area contributed by atoms with Crippen molar-refractivity contribution in [3.8, 4) is 11.3 Å². The number of nitrogen functional groups attached to an aromatic ring is 1. The van der Waals surface area contributed by atoms with E-state index in [1.54, 1.807) is 6.20 Å². The third-order valence-electron chi connectivity index (χ3n) is 4.49. The molecule has 1 aliphatic rings. The predicted molar refractivity (Wildman–Crippen MR) is 81.2 cm³/mol. The fraction of sp³-hybridized carbons (Fsp3) is 0.500. The molecular formula is C16H22N4. The molecule has 2 unspecified atom stereocenters. The second-order valence-corrected chi connectivity index (χ2v) is 5.68. The molecule has 1 saturated carbocycles. The number of nitrogens with zero attached hydrogens (tertiary/aromatic N) is 3. The van der Waals surface area contributed by atoms with Crippen molar-refractivity contribution in [1.29, 1.82) is 0 Å². The van der Waals surface area contributed by atoms with E-state index in [1.165, 1.54) is 32.1 Å². The molecule has 0 saturated heterocycles. The summed E-state index contributed by atoms with van der Waals surface area (Å²) >= 11 is 0. The number of rotatable bonds is 3. The maximum Gasteiger partial charge on any atom is 0.123 e. The minimum atomic E-state index is 0.561. The summed E-state index contributed by atoms with van der Waals surface area (Å²) in [7, 11) is 0. The van der Waals surface area contributed by atoms with Crippen molar-refractivity contribution in [2.24, 2.45) is 5.92 Å². The van der Waals surface area contributed by atoms with Gasteiger partial charge in [-0.25, -0.2) is 9.97 Å². The van der Waals surface area contributed by atoms with Crippen molar-refractivity contribution in [3.63, 3.8) is 0 Å². The molecule has 0 spiro atoms. The van der Waals surface area contributed by atoms with Crippen LogP contribution in [0.15, 0.2) is 30.9 Å². The topological polar surface area (TPSA) is 56.7 Å². The zero-order valence-electron chi connectivity index (χ0n) is 12.0. The van der Waals surface area contributed by atoms with E-state index in [9.17, 15) is 0 Å². The average molecular weight is 270 g/mol. The van der Waals surface area contributed by atoms with E-state index in [0.717, 1.165) is 17.2 Å². The Morgan fingerprint density at radius 1 is 1.35 bits per heavy atom. The van der Waals surface area contributed by atoms with Gasteiger partial charge in [0.1, 0.15) is 5.82 Å². The largest absolute Gasteiger partial charge is 0.384 e. The first-order valence-corrected chi connectivity index (χ1v) is 7.53. The summed E-state index contributed by atoms with van der Waals surface area (Å²) < 4.78 is 2.35. The summed E-state index contributed by atoms with van der Waals surface area (Å²) in [5.74, 6) is 1.32. The average Bonchev–Trinajstić information content (AvgIpc) is 2.96. The molecule has 2 aromatic rings. The van der Waals surface area contributed by atoms with Gasteiger partial charge in [-0.2, -0.15) is 0 Å². The maximum absolute atomic E-state index is 5.81. The normalized spacial score (nSPS) is 22.9. The summed E-state index contributed by atoms with van der Waals surface area (Å²) in [4.78, 5) is 8.44. The van der Waals surface area contributed by atoms with Crippen molar-refractivity contribution >= 4 is 5.82 Å². The van der Waals surface area contributed by atoms with E-state index in [4.69, 9.17) is 5.73 Å². The van der Waals surface area contributed by atoms with Gasteiger partial charge in [-0.3, -0.25) is 0 Å². The van der Waals surface area contributed by atoms with E-state index < -0.39 is 0 Å². The van der Waals surface area contributed by atoms with Crippen LogP contribution in [0.25, 0.3) is 11.3 Å². The number of aromatic nitrogens is 3. The van der Waals surface area contributed by atoms with Gasteiger partial charge in [0.15, 0.2) is 0 Å². The summed E-state index contributed by atoms with van der Waals surface area (Å²) in [6.07, 6.45) is 12.2. The smallest absolute Gasteiger partial charge is 0.123 e. The molecule has 20 heavy (non-hydrogen) atoms. The van der Waals surface area contributed by atoms with Gasteiger partial charge >= 0.3 is 0 Å². The Morgan fingerprint density at radius 3 is 3.00 bits per heavy atom. The van der Waals surface area contributed by atoms with Crippen molar-refractivity contribution in [3.05, 3.63) is 30.9 Å². The van der Waals surface area contributed by atoms with Crippen LogP contribution in [0.3, 0.4) is 0 Å². The standard InChI is InChI=1S/C16H22N4/c1-2-12-5-3-4-6-14(12)20-11-18-10-15(20)13-7-8-19-16(17)9-13/h7-12,14H,2-6H2,1H3,(H2,17,19). The molecule has 4 nitrogen and oxygen atoms in total. The van der Waals surface area contributed by atoms with E-state index in [2.05, 4.69) is 21.5 Å². The monoisotopic (exact) mass is 270 g/mol. The van der Waals surface area contributed by atoms with Gasteiger partial charge in [0.25, 0.3) is 0 Å². The molecule has 2 aromatic heterocycles. The van der Waals surface area contributed by atoms with Gasteiger partial charge < -0.3 is 10.3 Å². The predicted octanol–water partition coefficient (Wildman–Crippen LogP) is 3.67. The first-order chi connectivity index (χ1) is 9.79. The highest BCUT2D eigenvalue weighted by Crippen LogP contribution is 2.38. The Balaban J connectivity index is 1.97. The van der Waals surface area contributed by atoms with Crippen LogP contribution in [0.4, 0.5) is 5.82 Å². The number of nitrogens with two attached hydrogens (primary N) is 1. The zero-order chi connectivity index (χ0) is 13.9. The Labute approximate surface area is 120 Å². The molecule has 0 aliphatic heterocycles. The lowest BCUT2D eigenvalue weighted by atomic mass is 9.82. The van der Waals surface area contributed by atoms with Gasteiger partial charge in [0.05, 0.1) is 18.2 Å². The summed E-state index contributed by atoms with van der Waals surface area (Å²) in [5.41, 5.74) is 8.07. The highest BCUT2D eigenvalue weighted by molar-refractivity contribution is 5.61. The molecule has 3 rings (SSSR count). The highest BCUT2D eigenvalue weighted by atomic mass is 15.1. The maximum atomic E-state index is 5.81. The van der Waals surface area contributed by atoms with Crippen LogP contribution in [-0.4, -0.2) is 14.5 Å². The van der Waals surface area contributed by atoms with Crippen LogP contribution >= 0.6 is 0 Å². The van der Waals surface area contributed by atoms with Gasteiger partial charge in [-0.05, 0) is 30.9 Å². The van der Waals surface area contributed by atoms with Crippen LogP contribution in [0.1, 0.15) is 45.1 Å². The SMILES string of the molecule is CCC1CCCCC1n1cncc1-c1ccnc(N)c1. The summed E-state index contributed by atoms with van der Waals surface area (Å²) in [5, 5.41) is 0. The molecule has 1 aliphatic carbocycles. The zero-order valence-corrected chi connectivity index (χ0v) is 12.0.